The summed E-state index contributed by atoms with van der Waals surface area (Å²) in [6.07, 6.45) is 11.2. The van der Waals surface area contributed by atoms with E-state index in [4.69, 9.17) is 0 Å². The van der Waals surface area contributed by atoms with Crippen LogP contribution in [0, 0.1) is 0 Å². The van der Waals surface area contributed by atoms with Gasteiger partial charge in [0.25, 0.3) is 0 Å². The van der Waals surface area contributed by atoms with Crippen LogP contribution in [0.1, 0.15) is 58.3 Å². The van der Waals surface area contributed by atoms with Gasteiger partial charge < -0.3 is 10.2 Å². The van der Waals surface area contributed by atoms with Crippen molar-refractivity contribution in [1.82, 2.24) is 10.2 Å². The third-order valence-electron chi connectivity index (χ3n) is 3.74. The van der Waals surface area contributed by atoms with Crippen molar-refractivity contribution in [2.24, 2.45) is 0 Å². The molecule has 0 radical (unpaired) electrons. The van der Waals surface area contributed by atoms with Gasteiger partial charge in [-0.25, -0.2) is 0 Å². The van der Waals surface area contributed by atoms with Crippen LogP contribution in [0.5, 0.6) is 0 Å². The fraction of sp³-hybridized carbons (Fsp3) is 1.00. The van der Waals surface area contributed by atoms with E-state index in [1.54, 1.807) is 0 Å². The highest BCUT2D eigenvalue weighted by Gasteiger charge is 2.20. The van der Waals surface area contributed by atoms with Gasteiger partial charge >= 0.3 is 0 Å². The van der Waals surface area contributed by atoms with Crippen LogP contribution in [0.25, 0.3) is 0 Å². The molecule has 1 atom stereocenters. The van der Waals surface area contributed by atoms with Crippen LogP contribution in [0.2, 0.25) is 0 Å². The maximum Gasteiger partial charge on any atom is 0.00951 e. The second kappa shape index (κ2) is 9.00. The van der Waals surface area contributed by atoms with E-state index in [1.807, 2.05) is 7.05 Å². The van der Waals surface area contributed by atoms with Gasteiger partial charge in [0.15, 0.2) is 0 Å². The summed E-state index contributed by atoms with van der Waals surface area (Å²) >= 11 is 0. The molecule has 0 saturated carbocycles. The monoisotopic (exact) mass is 226 g/mol. The molecule has 1 aliphatic heterocycles. The van der Waals surface area contributed by atoms with Crippen molar-refractivity contribution in [1.29, 1.82) is 0 Å². The van der Waals surface area contributed by atoms with Gasteiger partial charge in [0.1, 0.15) is 0 Å². The van der Waals surface area contributed by atoms with E-state index in [-0.39, 0.29) is 0 Å². The molecule has 0 aromatic heterocycles. The number of hydrogen-bond donors (Lipinski definition) is 1. The van der Waals surface area contributed by atoms with Gasteiger partial charge in [-0.1, -0.05) is 26.2 Å². The van der Waals surface area contributed by atoms with Crippen molar-refractivity contribution in [2.75, 3.05) is 26.7 Å². The zero-order valence-electron chi connectivity index (χ0n) is 11.3. The highest BCUT2D eigenvalue weighted by molar-refractivity contribution is 4.76. The Balaban J connectivity index is 2.11. The highest BCUT2D eigenvalue weighted by Crippen LogP contribution is 2.21. The standard InChI is InChI=1S/C14H30N2/c1-3-9-14-10-5-8-13-16(14)12-7-4-6-11-15-2/h14-15H,3-13H2,1-2H3. The van der Waals surface area contributed by atoms with E-state index < -0.39 is 0 Å². The van der Waals surface area contributed by atoms with Crippen molar-refractivity contribution in [3.8, 4) is 0 Å². The summed E-state index contributed by atoms with van der Waals surface area (Å²) in [4.78, 5) is 2.76. The Bertz CT molecular complexity index is 157. The number of rotatable bonds is 8. The quantitative estimate of drug-likeness (QED) is 0.640. The molecule has 0 bridgehead atoms. The van der Waals surface area contributed by atoms with E-state index in [2.05, 4.69) is 17.1 Å². The second-order valence-corrected chi connectivity index (χ2v) is 5.14. The van der Waals surface area contributed by atoms with E-state index in [1.165, 1.54) is 71.0 Å². The molecule has 0 aromatic carbocycles. The lowest BCUT2D eigenvalue weighted by Gasteiger charge is -2.35. The Morgan fingerprint density at radius 2 is 2.06 bits per heavy atom. The first kappa shape index (κ1) is 14.0. The van der Waals surface area contributed by atoms with Crippen LogP contribution in [-0.4, -0.2) is 37.6 Å². The molecule has 0 aliphatic carbocycles. The van der Waals surface area contributed by atoms with Crippen LogP contribution >= 0.6 is 0 Å². The predicted molar refractivity (Wildman–Crippen MR) is 71.9 cm³/mol. The molecule has 1 N–H and O–H groups in total. The van der Waals surface area contributed by atoms with Crippen LogP contribution in [0.4, 0.5) is 0 Å². The van der Waals surface area contributed by atoms with Crippen molar-refractivity contribution in [3.63, 3.8) is 0 Å². The Hall–Kier alpha value is -0.0800. The van der Waals surface area contributed by atoms with Gasteiger partial charge in [0, 0.05) is 6.04 Å². The maximum absolute atomic E-state index is 3.22. The molecule has 1 aliphatic rings. The van der Waals surface area contributed by atoms with Crippen molar-refractivity contribution in [2.45, 2.75) is 64.3 Å². The first-order valence-electron chi connectivity index (χ1n) is 7.27. The molecule has 2 nitrogen and oxygen atoms in total. The van der Waals surface area contributed by atoms with E-state index in [9.17, 15) is 0 Å². The lowest BCUT2D eigenvalue weighted by atomic mass is 9.98. The Morgan fingerprint density at radius 3 is 2.81 bits per heavy atom. The van der Waals surface area contributed by atoms with Crippen molar-refractivity contribution >= 4 is 0 Å². The minimum Gasteiger partial charge on any atom is -0.320 e. The van der Waals surface area contributed by atoms with Gasteiger partial charge in [0.05, 0.1) is 0 Å². The molecule has 1 rings (SSSR count). The van der Waals surface area contributed by atoms with E-state index >= 15 is 0 Å². The molecule has 2 heteroatoms. The lowest BCUT2D eigenvalue weighted by molar-refractivity contribution is 0.137. The van der Waals surface area contributed by atoms with Crippen LogP contribution in [0.3, 0.4) is 0 Å². The van der Waals surface area contributed by atoms with Gasteiger partial charge in [-0.15, -0.1) is 0 Å². The summed E-state index contributed by atoms with van der Waals surface area (Å²) in [5.74, 6) is 0. The topological polar surface area (TPSA) is 15.3 Å². The molecule has 1 heterocycles. The molecule has 0 aromatic rings. The van der Waals surface area contributed by atoms with Gasteiger partial charge in [0.2, 0.25) is 0 Å². The number of likely N-dealkylation sites (tertiary alicyclic amines) is 1. The summed E-state index contributed by atoms with van der Waals surface area (Å²) in [6, 6.07) is 0.906. The minimum absolute atomic E-state index is 0.906. The third-order valence-corrected chi connectivity index (χ3v) is 3.74. The molecule has 1 unspecified atom stereocenters. The zero-order chi connectivity index (χ0) is 11.6. The average molecular weight is 226 g/mol. The summed E-state index contributed by atoms with van der Waals surface area (Å²) in [6.45, 7) is 6.20. The predicted octanol–water partition coefficient (Wildman–Crippen LogP) is 3.03. The fourth-order valence-corrected chi connectivity index (χ4v) is 2.81. The second-order valence-electron chi connectivity index (χ2n) is 5.14. The number of unbranched alkanes of at least 4 members (excludes halogenated alkanes) is 2. The minimum atomic E-state index is 0.906. The van der Waals surface area contributed by atoms with Crippen LogP contribution in [-0.2, 0) is 0 Å². The van der Waals surface area contributed by atoms with Crippen molar-refractivity contribution < 1.29 is 0 Å². The van der Waals surface area contributed by atoms with Crippen LogP contribution in [0.15, 0.2) is 0 Å². The molecule has 0 amide bonds. The van der Waals surface area contributed by atoms with Gasteiger partial charge in [-0.05, 0) is 58.8 Å². The van der Waals surface area contributed by atoms with Crippen molar-refractivity contribution in [3.05, 3.63) is 0 Å². The number of piperidine rings is 1. The molecule has 16 heavy (non-hydrogen) atoms. The Morgan fingerprint density at radius 1 is 1.19 bits per heavy atom. The average Bonchev–Trinajstić information content (AvgIpc) is 2.31. The van der Waals surface area contributed by atoms with Gasteiger partial charge in [-0.3, -0.25) is 0 Å². The van der Waals surface area contributed by atoms with Crippen LogP contribution < -0.4 is 5.32 Å². The first-order valence-corrected chi connectivity index (χ1v) is 7.27. The normalized spacial score (nSPS) is 22.5. The molecule has 1 saturated heterocycles. The molecular formula is C14H30N2. The molecule has 96 valence electrons. The number of hydrogen-bond acceptors (Lipinski definition) is 2. The number of nitrogens with one attached hydrogen (secondary N) is 1. The summed E-state index contributed by atoms with van der Waals surface area (Å²) in [5, 5.41) is 3.22. The molecule has 1 fully saturated rings. The highest BCUT2D eigenvalue weighted by atomic mass is 15.2. The van der Waals surface area contributed by atoms with E-state index in [0.29, 0.717) is 0 Å². The lowest BCUT2D eigenvalue weighted by Crippen LogP contribution is -2.39. The van der Waals surface area contributed by atoms with Gasteiger partial charge in [-0.2, -0.15) is 0 Å². The van der Waals surface area contributed by atoms with E-state index in [0.717, 1.165) is 6.04 Å². The number of nitrogens with zero attached hydrogens (tertiary/aromatic N) is 1. The Kier molecular flexibility index (Phi) is 7.87. The smallest absolute Gasteiger partial charge is 0.00951 e. The summed E-state index contributed by atoms with van der Waals surface area (Å²) in [7, 11) is 2.04. The Labute approximate surface area is 102 Å². The fourth-order valence-electron chi connectivity index (χ4n) is 2.81. The molecular weight excluding hydrogens is 196 g/mol. The third kappa shape index (κ3) is 5.31. The maximum atomic E-state index is 3.22. The largest absolute Gasteiger partial charge is 0.320 e. The first-order chi connectivity index (χ1) is 7.88. The summed E-state index contributed by atoms with van der Waals surface area (Å²) < 4.78 is 0. The zero-order valence-corrected chi connectivity index (χ0v) is 11.3. The SMILES string of the molecule is CCCC1CCCCN1CCCCCNC. The summed E-state index contributed by atoms with van der Waals surface area (Å²) in [5.41, 5.74) is 0. The molecule has 0 spiro atoms.